The third-order valence-corrected chi connectivity index (χ3v) is 5.09. The van der Waals surface area contributed by atoms with Crippen LogP contribution in [0.25, 0.3) is 0 Å². The lowest BCUT2D eigenvalue weighted by Gasteiger charge is -2.35. The lowest BCUT2D eigenvalue weighted by Crippen LogP contribution is -2.50. The Morgan fingerprint density at radius 1 is 1.40 bits per heavy atom. The molecule has 1 aliphatic carbocycles. The molecule has 2 rings (SSSR count). The standard InChI is InChI=1S/C12H12BrF2NO3S/c1-20(18,19)10-3-2-7(4-9(10)13)11(17)16-8-5-12(14,15)6-8/h2-4,8H,5-6H2,1H3,(H,16,17). The number of sulfone groups is 1. The third-order valence-electron chi connectivity index (χ3n) is 3.02. The van der Waals surface area contributed by atoms with Crippen LogP contribution in [0.3, 0.4) is 0 Å². The van der Waals surface area contributed by atoms with Crippen molar-refractivity contribution in [1.29, 1.82) is 0 Å². The maximum Gasteiger partial charge on any atom is 0.252 e. The minimum atomic E-state index is -3.39. The number of rotatable bonds is 3. The zero-order valence-corrected chi connectivity index (χ0v) is 12.9. The van der Waals surface area contributed by atoms with Crippen molar-refractivity contribution < 1.29 is 22.0 Å². The van der Waals surface area contributed by atoms with E-state index in [1.165, 1.54) is 18.2 Å². The number of carbonyl (C=O) groups is 1. The Balaban J connectivity index is 2.10. The van der Waals surface area contributed by atoms with Crippen molar-refractivity contribution in [2.75, 3.05) is 6.26 Å². The topological polar surface area (TPSA) is 63.2 Å². The van der Waals surface area contributed by atoms with E-state index < -0.39 is 27.7 Å². The molecule has 0 unspecified atom stereocenters. The van der Waals surface area contributed by atoms with Crippen LogP contribution in [0.5, 0.6) is 0 Å². The van der Waals surface area contributed by atoms with Crippen LogP contribution in [0.15, 0.2) is 27.6 Å². The smallest absolute Gasteiger partial charge is 0.252 e. The molecule has 1 fully saturated rings. The van der Waals surface area contributed by atoms with Crippen LogP contribution in [-0.4, -0.2) is 32.5 Å². The van der Waals surface area contributed by atoms with Crippen molar-refractivity contribution in [2.24, 2.45) is 0 Å². The van der Waals surface area contributed by atoms with Crippen molar-refractivity contribution in [3.05, 3.63) is 28.2 Å². The quantitative estimate of drug-likeness (QED) is 0.891. The van der Waals surface area contributed by atoms with Crippen molar-refractivity contribution in [1.82, 2.24) is 5.32 Å². The predicted octanol–water partition coefficient (Wildman–Crippen LogP) is 2.38. The van der Waals surface area contributed by atoms with Gasteiger partial charge in [-0.1, -0.05) is 0 Å². The first-order valence-electron chi connectivity index (χ1n) is 5.77. The molecular formula is C12H12BrF2NO3S. The Morgan fingerprint density at radius 3 is 2.45 bits per heavy atom. The zero-order chi connectivity index (χ0) is 15.1. The minimum absolute atomic E-state index is 0.0734. The number of nitrogens with one attached hydrogen (secondary N) is 1. The lowest BCUT2D eigenvalue weighted by atomic mass is 9.88. The van der Waals surface area contributed by atoms with Crippen LogP contribution in [0.1, 0.15) is 23.2 Å². The molecule has 0 bridgehead atoms. The maximum atomic E-state index is 12.7. The summed E-state index contributed by atoms with van der Waals surface area (Å²) in [6.45, 7) is 0. The number of carbonyl (C=O) groups excluding carboxylic acids is 1. The first-order valence-corrected chi connectivity index (χ1v) is 8.45. The van der Waals surface area contributed by atoms with E-state index in [1.807, 2.05) is 0 Å². The number of halogens is 3. The molecule has 0 aromatic heterocycles. The third kappa shape index (κ3) is 3.35. The SMILES string of the molecule is CS(=O)(=O)c1ccc(C(=O)NC2CC(F)(F)C2)cc1Br. The van der Waals surface area contributed by atoms with E-state index in [1.54, 1.807) is 0 Å². The molecule has 1 N–H and O–H groups in total. The van der Waals surface area contributed by atoms with Crippen LogP contribution in [-0.2, 0) is 9.84 Å². The normalized spacial score (nSPS) is 18.4. The van der Waals surface area contributed by atoms with Gasteiger partial charge in [-0.05, 0) is 34.1 Å². The molecule has 1 amide bonds. The summed E-state index contributed by atoms with van der Waals surface area (Å²) in [6, 6.07) is 3.49. The van der Waals surface area contributed by atoms with E-state index in [2.05, 4.69) is 21.2 Å². The van der Waals surface area contributed by atoms with Crippen molar-refractivity contribution in [2.45, 2.75) is 29.7 Å². The number of hydrogen-bond donors (Lipinski definition) is 1. The molecule has 8 heteroatoms. The van der Waals surface area contributed by atoms with Gasteiger partial charge in [0.25, 0.3) is 11.8 Å². The van der Waals surface area contributed by atoms with Crippen molar-refractivity contribution >= 4 is 31.7 Å². The van der Waals surface area contributed by atoms with E-state index in [4.69, 9.17) is 0 Å². The van der Waals surface area contributed by atoms with Gasteiger partial charge in [0.2, 0.25) is 0 Å². The second-order valence-corrected chi connectivity index (χ2v) is 7.69. The highest BCUT2D eigenvalue weighted by Crippen LogP contribution is 2.37. The molecule has 1 aliphatic rings. The molecule has 1 aromatic rings. The highest BCUT2D eigenvalue weighted by Gasteiger charge is 2.45. The van der Waals surface area contributed by atoms with Crippen LogP contribution >= 0.6 is 15.9 Å². The average molecular weight is 368 g/mol. The summed E-state index contributed by atoms with van der Waals surface area (Å²) < 4.78 is 48.4. The van der Waals surface area contributed by atoms with Gasteiger partial charge in [-0.25, -0.2) is 17.2 Å². The van der Waals surface area contributed by atoms with Gasteiger partial charge in [-0.2, -0.15) is 0 Å². The summed E-state index contributed by atoms with van der Waals surface area (Å²) in [5, 5.41) is 2.48. The lowest BCUT2D eigenvalue weighted by molar-refractivity contribution is -0.0901. The largest absolute Gasteiger partial charge is 0.349 e. The van der Waals surface area contributed by atoms with Crippen LogP contribution in [0.2, 0.25) is 0 Å². The highest BCUT2D eigenvalue weighted by molar-refractivity contribution is 9.10. The molecule has 0 atom stereocenters. The van der Waals surface area contributed by atoms with E-state index >= 15 is 0 Å². The van der Waals surface area contributed by atoms with Gasteiger partial charge in [-0.3, -0.25) is 4.79 Å². The van der Waals surface area contributed by atoms with Crippen LogP contribution in [0.4, 0.5) is 8.78 Å². The van der Waals surface area contributed by atoms with Gasteiger partial charge in [-0.15, -0.1) is 0 Å². The highest BCUT2D eigenvalue weighted by atomic mass is 79.9. The molecule has 0 saturated heterocycles. The number of alkyl halides is 2. The first kappa shape index (κ1) is 15.4. The summed E-state index contributed by atoms with van der Waals surface area (Å²) in [5.74, 6) is -3.19. The van der Waals surface area contributed by atoms with E-state index in [0.29, 0.717) is 0 Å². The molecule has 20 heavy (non-hydrogen) atoms. The summed E-state index contributed by atoms with van der Waals surface area (Å²) in [5.41, 5.74) is 0.222. The van der Waals surface area contributed by atoms with Gasteiger partial charge in [0, 0.05) is 35.2 Å². The molecule has 1 aromatic carbocycles. The van der Waals surface area contributed by atoms with Gasteiger partial charge in [0.1, 0.15) is 0 Å². The van der Waals surface area contributed by atoms with Crippen LogP contribution in [0, 0.1) is 0 Å². The maximum absolute atomic E-state index is 12.7. The Morgan fingerprint density at radius 2 is 2.00 bits per heavy atom. The predicted molar refractivity (Wildman–Crippen MR) is 72.7 cm³/mol. The molecule has 1 saturated carbocycles. The Labute approximate surface area is 123 Å². The summed E-state index contributed by atoms with van der Waals surface area (Å²) in [4.78, 5) is 11.9. The molecule has 0 radical (unpaired) electrons. The second-order valence-electron chi connectivity index (χ2n) is 4.85. The van der Waals surface area contributed by atoms with Gasteiger partial charge in [0.15, 0.2) is 9.84 Å². The fourth-order valence-corrected chi connectivity index (χ4v) is 3.96. The molecule has 0 heterocycles. The molecule has 0 aliphatic heterocycles. The first-order chi connectivity index (χ1) is 9.08. The van der Waals surface area contributed by atoms with E-state index in [-0.39, 0.29) is 27.8 Å². The zero-order valence-electron chi connectivity index (χ0n) is 10.5. The minimum Gasteiger partial charge on any atom is -0.349 e. The molecule has 4 nitrogen and oxygen atoms in total. The average Bonchev–Trinajstić information content (AvgIpc) is 2.24. The van der Waals surface area contributed by atoms with E-state index in [9.17, 15) is 22.0 Å². The molecule has 0 spiro atoms. The molecular weight excluding hydrogens is 356 g/mol. The summed E-state index contributed by atoms with van der Waals surface area (Å²) in [7, 11) is -3.39. The summed E-state index contributed by atoms with van der Waals surface area (Å²) >= 11 is 3.09. The van der Waals surface area contributed by atoms with Crippen LogP contribution < -0.4 is 5.32 Å². The number of amides is 1. The van der Waals surface area contributed by atoms with Crippen molar-refractivity contribution in [3.8, 4) is 0 Å². The fraction of sp³-hybridized carbons (Fsp3) is 0.417. The summed E-state index contributed by atoms with van der Waals surface area (Å²) in [6.07, 6.45) is 0.339. The number of benzene rings is 1. The fourth-order valence-electron chi connectivity index (χ4n) is 1.97. The monoisotopic (exact) mass is 367 g/mol. The van der Waals surface area contributed by atoms with Gasteiger partial charge in [0.05, 0.1) is 4.90 Å². The van der Waals surface area contributed by atoms with Crippen molar-refractivity contribution in [3.63, 3.8) is 0 Å². The van der Waals surface area contributed by atoms with Gasteiger partial charge >= 0.3 is 0 Å². The Bertz CT molecular complexity index is 653. The van der Waals surface area contributed by atoms with E-state index in [0.717, 1.165) is 6.26 Å². The second kappa shape index (κ2) is 5.07. The van der Waals surface area contributed by atoms with Gasteiger partial charge < -0.3 is 5.32 Å². The number of hydrogen-bond acceptors (Lipinski definition) is 3. The molecule has 110 valence electrons. The Kier molecular flexibility index (Phi) is 3.90. The Hall–Kier alpha value is -1.02.